The van der Waals surface area contributed by atoms with Gasteiger partial charge in [0.05, 0.1) is 34.4 Å². The Balaban J connectivity index is 3.98. The number of carbonyl (C=O) groups is 1. The highest BCUT2D eigenvalue weighted by Gasteiger charge is 2.19. The average molecular weight is 550 g/mol. The Hall–Kier alpha value is -0.760. The van der Waals surface area contributed by atoms with Crippen LogP contribution in [0.25, 0.3) is 0 Å². The molecule has 8 nitrogen and oxygen atoms in total. The second-order valence-corrected chi connectivity index (χ2v) is 12.2. The molecule has 0 radical (unpaired) electrons. The molecule has 37 heavy (non-hydrogen) atoms. The van der Waals surface area contributed by atoms with Crippen molar-refractivity contribution in [1.82, 2.24) is 0 Å². The molecule has 0 aromatic carbocycles. The molecule has 0 aliphatic rings. The number of hydrogen-bond acceptors (Lipinski definition) is 7. The summed E-state index contributed by atoms with van der Waals surface area (Å²) in [6.07, 6.45) is 20.0. The third-order valence-corrected chi connectivity index (χ3v) is 6.93. The first kappa shape index (κ1) is 36.2. The number of phosphoric ester groups is 1. The predicted octanol–water partition coefficient (Wildman–Crippen LogP) is 6.18. The largest absolute Gasteiger partial charge is 0.756 e. The molecular formula is C28H56NO7P. The van der Waals surface area contributed by atoms with Crippen LogP contribution in [0.4, 0.5) is 0 Å². The van der Waals surface area contributed by atoms with Gasteiger partial charge in [-0.15, -0.1) is 0 Å². The van der Waals surface area contributed by atoms with Crippen molar-refractivity contribution in [3.63, 3.8) is 0 Å². The number of quaternary nitrogens is 1. The first-order chi connectivity index (χ1) is 17.6. The monoisotopic (exact) mass is 549 g/mol. The van der Waals surface area contributed by atoms with Gasteiger partial charge in [-0.2, -0.15) is 0 Å². The summed E-state index contributed by atoms with van der Waals surface area (Å²) >= 11 is 0. The molecule has 0 fully saturated rings. The topological polar surface area (TPSA) is 94.1 Å². The molecular weight excluding hydrogens is 493 g/mol. The first-order valence-electron chi connectivity index (χ1n) is 14.4. The number of rotatable bonds is 26. The van der Waals surface area contributed by atoms with Crippen LogP contribution >= 0.6 is 7.82 Å². The van der Waals surface area contributed by atoms with Crippen LogP contribution in [0.3, 0.4) is 0 Å². The van der Waals surface area contributed by atoms with Gasteiger partial charge in [-0.3, -0.25) is 4.57 Å². The number of phosphoric acid groups is 1. The summed E-state index contributed by atoms with van der Waals surface area (Å²) in [4.78, 5) is 23.9. The van der Waals surface area contributed by atoms with E-state index in [1.54, 1.807) is 13.0 Å². The van der Waals surface area contributed by atoms with Crippen LogP contribution in [-0.2, 0) is 27.9 Å². The maximum absolute atomic E-state index is 12.0. The van der Waals surface area contributed by atoms with Gasteiger partial charge in [-0.25, -0.2) is 4.79 Å². The molecule has 0 aromatic rings. The first-order valence-corrected chi connectivity index (χ1v) is 15.9. The van der Waals surface area contributed by atoms with Crippen molar-refractivity contribution >= 4 is 13.8 Å². The summed E-state index contributed by atoms with van der Waals surface area (Å²) in [5, 5.41) is 0. The summed E-state index contributed by atoms with van der Waals surface area (Å²) in [6, 6.07) is 0. The van der Waals surface area contributed by atoms with Crippen molar-refractivity contribution < 1.29 is 37.3 Å². The third kappa shape index (κ3) is 26.6. The van der Waals surface area contributed by atoms with Crippen LogP contribution in [-0.4, -0.2) is 70.7 Å². The molecule has 0 saturated heterocycles. The lowest BCUT2D eigenvalue weighted by Gasteiger charge is -2.28. The molecule has 0 heterocycles. The minimum Gasteiger partial charge on any atom is -0.756 e. The fourth-order valence-electron chi connectivity index (χ4n) is 3.71. The van der Waals surface area contributed by atoms with Gasteiger partial charge >= 0.3 is 5.97 Å². The number of ether oxygens (including phenoxy) is 2. The summed E-state index contributed by atoms with van der Waals surface area (Å²) in [7, 11) is 1.32. The van der Waals surface area contributed by atoms with Gasteiger partial charge < -0.3 is 27.9 Å². The van der Waals surface area contributed by atoms with Gasteiger partial charge in [0.1, 0.15) is 19.3 Å². The molecule has 9 heteroatoms. The second kappa shape index (κ2) is 23.2. The van der Waals surface area contributed by atoms with Gasteiger partial charge in [-0.05, 0) is 13.3 Å². The molecule has 0 rings (SSSR count). The number of unbranched alkanes of at least 4 members (excludes halogenated alkanes) is 13. The van der Waals surface area contributed by atoms with E-state index >= 15 is 0 Å². The summed E-state index contributed by atoms with van der Waals surface area (Å²) in [5.74, 6) is -0.567. The second-order valence-electron chi connectivity index (χ2n) is 10.8. The zero-order valence-corrected chi connectivity index (χ0v) is 25.3. The quantitative estimate of drug-likeness (QED) is 0.0418. The van der Waals surface area contributed by atoms with E-state index in [2.05, 4.69) is 6.92 Å². The van der Waals surface area contributed by atoms with E-state index in [9.17, 15) is 14.3 Å². The van der Waals surface area contributed by atoms with E-state index in [4.69, 9.17) is 18.5 Å². The summed E-state index contributed by atoms with van der Waals surface area (Å²) < 4.78 is 33.4. The molecule has 0 N–H and O–H groups in total. The molecule has 0 aromatic heterocycles. The Morgan fingerprint density at radius 3 is 1.81 bits per heavy atom. The lowest BCUT2D eigenvalue weighted by Crippen LogP contribution is -2.37. The van der Waals surface area contributed by atoms with Gasteiger partial charge in [0, 0.05) is 12.7 Å². The molecule has 2 atom stereocenters. The highest BCUT2D eigenvalue weighted by molar-refractivity contribution is 7.45. The fourth-order valence-corrected chi connectivity index (χ4v) is 4.44. The summed E-state index contributed by atoms with van der Waals surface area (Å²) in [6.45, 7) is 4.75. The van der Waals surface area contributed by atoms with Crippen molar-refractivity contribution in [3.8, 4) is 0 Å². The zero-order chi connectivity index (χ0) is 27.8. The van der Waals surface area contributed by atoms with Gasteiger partial charge in [0.2, 0.25) is 0 Å². The number of carbonyl (C=O) groups excluding carboxylic acids is 1. The zero-order valence-electron chi connectivity index (χ0n) is 24.4. The number of allylic oxidation sites excluding steroid dienone is 1. The van der Waals surface area contributed by atoms with Crippen molar-refractivity contribution in [2.75, 3.05) is 54.1 Å². The van der Waals surface area contributed by atoms with Crippen LogP contribution < -0.4 is 4.89 Å². The molecule has 2 unspecified atom stereocenters. The van der Waals surface area contributed by atoms with Crippen molar-refractivity contribution in [2.45, 2.75) is 110 Å². The van der Waals surface area contributed by atoms with Crippen LogP contribution in [0.1, 0.15) is 104 Å². The Kier molecular flexibility index (Phi) is 22.7. The van der Waals surface area contributed by atoms with Crippen molar-refractivity contribution in [1.29, 1.82) is 0 Å². The maximum atomic E-state index is 12.0. The Bertz CT molecular complexity index is 622. The molecule has 0 amide bonds. The van der Waals surface area contributed by atoms with Crippen molar-refractivity contribution in [2.24, 2.45) is 0 Å². The maximum Gasteiger partial charge on any atom is 0.330 e. The van der Waals surface area contributed by atoms with E-state index in [0.717, 1.165) is 12.8 Å². The van der Waals surface area contributed by atoms with E-state index in [1.807, 2.05) is 21.1 Å². The van der Waals surface area contributed by atoms with Crippen LogP contribution in [0.15, 0.2) is 12.2 Å². The predicted molar refractivity (Wildman–Crippen MR) is 148 cm³/mol. The van der Waals surface area contributed by atoms with E-state index < -0.39 is 19.9 Å². The third-order valence-electron chi connectivity index (χ3n) is 5.96. The SMILES string of the molecule is C/C=C/C(=O)OC(COCCCCCCCCCCCCCCCC)COP(=O)([O-])OCC[N+](C)(C)C. The fraction of sp³-hybridized carbons (Fsp3) is 0.893. The summed E-state index contributed by atoms with van der Waals surface area (Å²) in [5.41, 5.74) is 0. The highest BCUT2D eigenvalue weighted by Crippen LogP contribution is 2.38. The molecule has 0 bridgehead atoms. The normalized spacial score (nSPS) is 14.6. The molecule has 220 valence electrons. The lowest BCUT2D eigenvalue weighted by molar-refractivity contribution is -0.870. The molecule has 0 saturated carbocycles. The van der Waals surface area contributed by atoms with Crippen molar-refractivity contribution in [3.05, 3.63) is 12.2 Å². The van der Waals surface area contributed by atoms with E-state index in [-0.39, 0.29) is 19.8 Å². The molecule has 0 aliphatic heterocycles. The number of hydrogen-bond donors (Lipinski definition) is 0. The average Bonchev–Trinajstić information content (AvgIpc) is 2.81. The van der Waals surface area contributed by atoms with Crippen LogP contribution in [0.5, 0.6) is 0 Å². The van der Waals surface area contributed by atoms with Gasteiger partial charge in [-0.1, -0.05) is 96.5 Å². The smallest absolute Gasteiger partial charge is 0.330 e. The van der Waals surface area contributed by atoms with Gasteiger partial charge in [0.15, 0.2) is 0 Å². The van der Waals surface area contributed by atoms with Crippen LogP contribution in [0, 0.1) is 0 Å². The number of nitrogens with zero attached hydrogens (tertiary/aromatic N) is 1. The molecule has 0 spiro atoms. The number of esters is 1. The standard InChI is InChI=1S/C28H56NO7P/c1-6-8-9-10-11-12-13-14-15-16-17-18-19-20-23-33-25-27(36-28(30)21-7-2)26-35-37(31,32)34-24-22-29(3,4)5/h7,21,27H,6,8-20,22-26H2,1-5H3/b21-7+. The van der Waals surface area contributed by atoms with E-state index in [0.29, 0.717) is 17.6 Å². The van der Waals surface area contributed by atoms with E-state index in [1.165, 1.54) is 83.1 Å². The Morgan fingerprint density at radius 2 is 1.32 bits per heavy atom. The highest BCUT2D eigenvalue weighted by atomic mass is 31.2. The number of likely N-dealkylation sites (N-methyl/N-ethyl adjacent to an activating group) is 1. The lowest BCUT2D eigenvalue weighted by atomic mass is 10.0. The Morgan fingerprint density at radius 1 is 0.811 bits per heavy atom. The Labute approximate surface area is 227 Å². The minimum absolute atomic E-state index is 0.0168. The van der Waals surface area contributed by atoms with Gasteiger partial charge in [0.25, 0.3) is 7.82 Å². The minimum atomic E-state index is -4.49. The molecule has 0 aliphatic carbocycles. The van der Waals surface area contributed by atoms with Crippen LogP contribution in [0.2, 0.25) is 0 Å².